The second-order valence-electron chi connectivity index (χ2n) is 13.4. The van der Waals surface area contributed by atoms with Crippen LogP contribution in [0.3, 0.4) is 0 Å². The van der Waals surface area contributed by atoms with Gasteiger partial charge in [-0.05, 0) is 70.6 Å². The zero-order valence-corrected chi connectivity index (χ0v) is 31.3. The lowest BCUT2D eigenvalue weighted by atomic mass is 10.0. The number of carbonyl (C=O) groups excluding carboxylic acids is 1. The molecule has 0 bridgehead atoms. The molecule has 0 aromatic rings. The van der Waals surface area contributed by atoms with Gasteiger partial charge in [0.2, 0.25) is 5.91 Å². The lowest BCUT2D eigenvalue weighted by molar-refractivity contribution is -0.131. The van der Waals surface area contributed by atoms with Crippen LogP contribution in [0.25, 0.3) is 0 Å². The third kappa shape index (κ3) is 32.6. The molecule has 1 amide bonds. The van der Waals surface area contributed by atoms with Crippen LogP contribution in [0, 0.1) is 0 Å². The first-order valence-electron chi connectivity index (χ1n) is 20.1. The van der Waals surface area contributed by atoms with Crippen molar-refractivity contribution in [2.24, 2.45) is 0 Å². The Morgan fingerprint density at radius 1 is 0.542 bits per heavy atom. The molecule has 0 rings (SSSR count). The van der Waals surface area contributed by atoms with Crippen molar-refractivity contribution in [1.82, 2.24) is 5.32 Å². The zero-order valence-electron chi connectivity index (χ0n) is 31.3. The number of nitrogens with one attached hydrogen (secondary N) is 1. The Labute approximate surface area is 297 Å². The van der Waals surface area contributed by atoms with Gasteiger partial charge in [0, 0.05) is 0 Å². The van der Waals surface area contributed by atoms with Crippen molar-refractivity contribution in [3.8, 4) is 0 Å². The van der Waals surface area contributed by atoms with E-state index in [4.69, 9.17) is 0 Å². The van der Waals surface area contributed by atoms with Gasteiger partial charge < -0.3 is 20.6 Å². The van der Waals surface area contributed by atoms with Crippen LogP contribution in [0.1, 0.15) is 181 Å². The minimum absolute atomic E-state index is 0.383. The highest BCUT2D eigenvalue weighted by Gasteiger charge is 2.22. The van der Waals surface area contributed by atoms with Gasteiger partial charge in [-0.3, -0.25) is 4.79 Å². The molecule has 4 N–H and O–H groups in total. The van der Waals surface area contributed by atoms with Gasteiger partial charge in [-0.15, -0.1) is 0 Å². The van der Waals surface area contributed by atoms with E-state index in [9.17, 15) is 20.1 Å². The lowest BCUT2D eigenvalue weighted by Gasteiger charge is -2.21. The molecule has 0 aromatic heterocycles. The van der Waals surface area contributed by atoms with E-state index in [0.29, 0.717) is 6.42 Å². The zero-order chi connectivity index (χ0) is 35.2. The summed E-state index contributed by atoms with van der Waals surface area (Å²) in [4.78, 5) is 12.4. The normalized spacial score (nSPS) is 14.4. The molecule has 0 spiro atoms. The van der Waals surface area contributed by atoms with E-state index in [1.807, 2.05) is 6.08 Å². The molecule has 0 heterocycles. The number of amides is 1. The van der Waals surface area contributed by atoms with Crippen LogP contribution < -0.4 is 5.32 Å². The molecule has 5 nitrogen and oxygen atoms in total. The maximum absolute atomic E-state index is 12.4. The highest BCUT2D eigenvalue weighted by atomic mass is 16.3. The van der Waals surface area contributed by atoms with Crippen molar-refractivity contribution in [2.75, 3.05) is 6.61 Å². The Balaban J connectivity index is 3.75. The van der Waals surface area contributed by atoms with Gasteiger partial charge in [-0.1, -0.05) is 171 Å². The lowest BCUT2D eigenvalue weighted by Crippen LogP contribution is -2.48. The van der Waals surface area contributed by atoms with E-state index >= 15 is 0 Å². The molecule has 278 valence electrons. The largest absolute Gasteiger partial charge is 0.394 e. The predicted molar refractivity (Wildman–Crippen MR) is 208 cm³/mol. The van der Waals surface area contributed by atoms with E-state index in [2.05, 4.69) is 67.8 Å². The third-order valence-corrected chi connectivity index (χ3v) is 8.82. The minimum Gasteiger partial charge on any atom is -0.394 e. The van der Waals surface area contributed by atoms with Crippen molar-refractivity contribution >= 4 is 5.91 Å². The molecule has 3 unspecified atom stereocenters. The highest BCUT2D eigenvalue weighted by Crippen LogP contribution is 2.14. The van der Waals surface area contributed by atoms with Crippen LogP contribution in [0.4, 0.5) is 0 Å². The first-order valence-corrected chi connectivity index (χ1v) is 20.1. The fraction of sp³-hybridized carbons (Fsp3) is 0.744. The number of unbranched alkanes of at least 4 members (excludes halogenated alkanes) is 19. The molecule has 0 saturated carbocycles. The van der Waals surface area contributed by atoms with E-state index < -0.39 is 24.2 Å². The Morgan fingerprint density at radius 3 is 1.50 bits per heavy atom. The predicted octanol–water partition coefficient (Wildman–Crippen LogP) is 11.1. The first-order chi connectivity index (χ1) is 23.6. The van der Waals surface area contributed by atoms with Crippen LogP contribution in [-0.2, 0) is 4.79 Å². The molecule has 0 radical (unpaired) electrons. The summed E-state index contributed by atoms with van der Waals surface area (Å²) >= 11 is 0. The smallest absolute Gasteiger partial charge is 0.249 e. The summed E-state index contributed by atoms with van der Waals surface area (Å²) in [6, 6.07) is -0.821. The summed E-state index contributed by atoms with van der Waals surface area (Å²) in [7, 11) is 0. The number of carbonyl (C=O) groups is 1. The van der Waals surface area contributed by atoms with Crippen molar-refractivity contribution in [1.29, 1.82) is 0 Å². The number of aliphatic hydroxyl groups excluding tert-OH is 3. The molecule has 0 aromatic carbocycles. The Hall–Kier alpha value is -1.95. The van der Waals surface area contributed by atoms with Crippen LogP contribution in [0.2, 0.25) is 0 Å². The number of aliphatic hydroxyl groups is 3. The van der Waals surface area contributed by atoms with Gasteiger partial charge in [0.25, 0.3) is 0 Å². The van der Waals surface area contributed by atoms with Gasteiger partial charge in [0.15, 0.2) is 0 Å². The maximum Gasteiger partial charge on any atom is 0.249 e. The fourth-order valence-corrected chi connectivity index (χ4v) is 5.66. The topological polar surface area (TPSA) is 89.8 Å². The highest BCUT2D eigenvalue weighted by molar-refractivity contribution is 5.80. The number of allylic oxidation sites excluding steroid dienone is 9. The van der Waals surface area contributed by atoms with Gasteiger partial charge in [0.05, 0.1) is 18.8 Å². The Bertz CT molecular complexity index is 831. The second-order valence-corrected chi connectivity index (χ2v) is 13.4. The van der Waals surface area contributed by atoms with Gasteiger partial charge in [0.1, 0.15) is 6.10 Å². The summed E-state index contributed by atoms with van der Waals surface area (Å²) in [5.74, 6) is -0.522. The Morgan fingerprint density at radius 2 is 0.979 bits per heavy atom. The van der Waals surface area contributed by atoms with Crippen LogP contribution in [-0.4, -0.2) is 46.1 Å². The SMILES string of the molecule is CC/C=C\C/C=C\CCCCCCCCCCCCCCCC(O)C(=O)NC(CO)C(O)/C=C/CC/C=C/CC/C=C/CCCCCC. The first kappa shape index (κ1) is 46.0. The van der Waals surface area contributed by atoms with Gasteiger partial charge in [-0.25, -0.2) is 0 Å². The van der Waals surface area contributed by atoms with Crippen molar-refractivity contribution in [3.05, 3.63) is 60.8 Å². The quantitative estimate of drug-likeness (QED) is 0.0399. The monoisotopic (exact) mass is 672 g/mol. The number of hydrogen-bond donors (Lipinski definition) is 4. The molecule has 5 heteroatoms. The molecule has 0 aliphatic carbocycles. The molecular weight excluding hydrogens is 594 g/mol. The molecule has 0 aliphatic heterocycles. The molecule has 0 saturated heterocycles. The second kappa shape index (κ2) is 37.9. The van der Waals surface area contributed by atoms with Crippen molar-refractivity contribution in [3.63, 3.8) is 0 Å². The molecular formula is C43H77NO4. The molecule has 0 aliphatic rings. The van der Waals surface area contributed by atoms with E-state index in [1.165, 1.54) is 103 Å². The van der Waals surface area contributed by atoms with E-state index in [-0.39, 0.29) is 6.61 Å². The van der Waals surface area contributed by atoms with Gasteiger partial charge in [-0.2, -0.15) is 0 Å². The summed E-state index contributed by atoms with van der Waals surface area (Å²) in [6.45, 7) is 4.03. The minimum atomic E-state index is -1.11. The fourth-order valence-electron chi connectivity index (χ4n) is 5.66. The molecule has 3 atom stereocenters. The average Bonchev–Trinajstić information content (AvgIpc) is 3.09. The van der Waals surface area contributed by atoms with Crippen LogP contribution in [0.5, 0.6) is 0 Å². The number of rotatable bonds is 35. The van der Waals surface area contributed by atoms with E-state index in [1.54, 1.807) is 6.08 Å². The maximum atomic E-state index is 12.4. The molecule has 48 heavy (non-hydrogen) atoms. The molecule has 0 fully saturated rings. The Kier molecular flexibility index (Phi) is 36.3. The summed E-state index contributed by atoms with van der Waals surface area (Å²) in [5.41, 5.74) is 0. The third-order valence-electron chi connectivity index (χ3n) is 8.82. The standard InChI is InChI=1S/C43H77NO4/c1-3-5-7-9-11-13-15-17-19-20-21-22-23-24-26-28-30-32-34-36-38-42(47)43(48)44-40(39-45)41(46)37-35-33-31-29-27-25-18-16-14-12-10-8-6-4-2/h5,7,11,13-14,16,27,29,35,37,40-42,45-47H,3-4,6,8-10,12,15,17-26,28,30-34,36,38-39H2,1-2H3,(H,44,48)/b7-5-,13-11-,16-14+,29-27+,37-35+. The van der Waals surface area contributed by atoms with E-state index in [0.717, 1.165) is 57.8 Å². The summed E-state index contributed by atoms with van der Waals surface area (Å²) < 4.78 is 0. The van der Waals surface area contributed by atoms with Crippen LogP contribution in [0.15, 0.2) is 60.8 Å². The van der Waals surface area contributed by atoms with Gasteiger partial charge >= 0.3 is 0 Å². The average molecular weight is 672 g/mol. The van der Waals surface area contributed by atoms with Crippen LogP contribution >= 0.6 is 0 Å². The van der Waals surface area contributed by atoms with Crippen molar-refractivity contribution in [2.45, 2.75) is 199 Å². The summed E-state index contributed by atoms with van der Waals surface area (Å²) in [5, 5.41) is 33.0. The number of hydrogen-bond acceptors (Lipinski definition) is 4. The summed E-state index contributed by atoms with van der Waals surface area (Å²) in [6.07, 6.45) is 49.6. The van der Waals surface area contributed by atoms with Crippen molar-refractivity contribution < 1.29 is 20.1 Å².